The van der Waals surface area contributed by atoms with Crippen molar-refractivity contribution < 1.29 is 19.1 Å². The number of hydrogen-bond acceptors (Lipinski definition) is 8. The van der Waals surface area contributed by atoms with Gasteiger partial charge in [-0.2, -0.15) is 0 Å². The predicted octanol–water partition coefficient (Wildman–Crippen LogP) is 2.34. The number of carbonyl (C=O) groups excluding carboxylic acids is 3. The van der Waals surface area contributed by atoms with E-state index in [0.717, 1.165) is 55.8 Å². The van der Waals surface area contributed by atoms with Crippen LogP contribution in [0.2, 0.25) is 0 Å². The predicted molar refractivity (Wildman–Crippen MR) is 123 cm³/mol. The molecule has 10 heteroatoms. The lowest BCUT2D eigenvalue weighted by Crippen LogP contribution is -2.52. The molecule has 33 heavy (non-hydrogen) atoms. The van der Waals surface area contributed by atoms with Gasteiger partial charge >= 0.3 is 0 Å². The van der Waals surface area contributed by atoms with Gasteiger partial charge < -0.3 is 15.0 Å². The van der Waals surface area contributed by atoms with Crippen molar-refractivity contribution in [1.82, 2.24) is 25.1 Å². The minimum Gasteiger partial charge on any atom is -0.494 e. The van der Waals surface area contributed by atoms with Crippen LogP contribution < -0.4 is 15.4 Å². The van der Waals surface area contributed by atoms with Crippen molar-refractivity contribution in [3.05, 3.63) is 39.9 Å². The zero-order valence-electron chi connectivity index (χ0n) is 18.8. The minimum atomic E-state index is -0.593. The van der Waals surface area contributed by atoms with Crippen molar-refractivity contribution in [1.29, 1.82) is 0 Å². The molecule has 3 heterocycles. The molecule has 2 aliphatic rings. The summed E-state index contributed by atoms with van der Waals surface area (Å²) in [4.78, 5) is 39.0. The molecule has 2 aromatic rings. The highest BCUT2D eigenvalue weighted by atomic mass is 32.1. The van der Waals surface area contributed by atoms with Crippen molar-refractivity contribution in [3.8, 4) is 5.75 Å². The van der Waals surface area contributed by atoms with Gasteiger partial charge in [0.1, 0.15) is 11.8 Å². The summed E-state index contributed by atoms with van der Waals surface area (Å²) in [5.41, 5.74) is 2.47. The van der Waals surface area contributed by atoms with E-state index in [1.54, 1.807) is 11.0 Å². The number of fused-ring (bicyclic) bond motifs is 1. The van der Waals surface area contributed by atoms with Gasteiger partial charge in [-0.05, 0) is 68.0 Å². The summed E-state index contributed by atoms with van der Waals surface area (Å²) in [6, 6.07) is 4.87. The van der Waals surface area contributed by atoms with Crippen LogP contribution in [-0.2, 0) is 22.7 Å². The highest BCUT2D eigenvalue weighted by molar-refractivity contribution is 7.05. The third-order valence-corrected chi connectivity index (χ3v) is 6.87. The molecule has 0 aliphatic carbocycles. The molecule has 1 aromatic heterocycles. The Hall–Kier alpha value is -2.85. The first-order chi connectivity index (χ1) is 16.0. The Kier molecular flexibility index (Phi) is 7.66. The van der Waals surface area contributed by atoms with Gasteiger partial charge in [0.05, 0.1) is 17.2 Å². The average molecular weight is 472 g/mol. The summed E-state index contributed by atoms with van der Waals surface area (Å²) in [7, 11) is 0. The summed E-state index contributed by atoms with van der Waals surface area (Å²) in [6.07, 6.45) is 4.93. The number of rotatable bonds is 11. The van der Waals surface area contributed by atoms with E-state index in [0.29, 0.717) is 25.1 Å². The molecule has 0 bridgehead atoms. The van der Waals surface area contributed by atoms with E-state index >= 15 is 0 Å². The fraction of sp³-hybridized carbons (Fsp3) is 0.522. The largest absolute Gasteiger partial charge is 0.494 e. The number of carbonyl (C=O) groups is 3. The first-order valence-electron chi connectivity index (χ1n) is 11.4. The maximum atomic E-state index is 12.7. The summed E-state index contributed by atoms with van der Waals surface area (Å²) in [6.45, 7) is 4.77. The zero-order valence-corrected chi connectivity index (χ0v) is 19.6. The highest BCUT2D eigenvalue weighted by Crippen LogP contribution is 2.30. The second-order valence-electron chi connectivity index (χ2n) is 8.44. The number of aromatic nitrogens is 2. The van der Waals surface area contributed by atoms with Gasteiger partial charge in [0.15, 0.2) is 0 Å². The molecular formula is C23H29N5O4S. The molecule has 2 aliphatic heterocycles. The van der Waals surface area contributed by atoms with E-state index in [1.165, 1.54) is 16.4 Å². The molecule has 2 N–H and O–H groups in total. The number of ether oxygens (including phenoxy) is 1. The number of nitrogens with one attached hydrogen (secondary N) is 2. The Bertz CT molecular complexity index is 1020. The van der Waals surface area contributed by atoms with E-state index < -0.39 is 11.9 Å². The summed E-state index contributed by atoms with van der Waals surface area (Å²) >= 11 is 1.45. The van der Waals surface area contributed by atoms with Crippen molar-refractivity contribution in [2.45, 2.75) is 64.6 Å². The monoisotopic (exact) mass is 471 g/mol. The van der Waals surface area contributed by atoms with Crippen molar-refractivity contribution in [2.24, 2.45) is 0 Å². The highest BCUT2D eigenvalue weighted by Gasteiger charge is 2.39. The number of nitrogens with zero attached hydrogens (tertiary/aromatic N) is 3. The van der Waals surface area contributed by atoms with Gasteiger partial charge in [-0.3, -0.25) is 19.7 Å². The van der Waals surface area contributed by atoms with E-state index in [4.69, 9.17) is 4.74 Å². The van der Waals surface area contributed by atoms with E-state index in [2.05, 4.69) is 20.2 Å². The first-order valence-corrected chi connectivity index (χ1v) is 12.2. The van der Waals surface area contributed by atoms with Crippen molar-refractivity contribution in [3.63, 3.8) is 0 Å². The smallest absolute Gasteiger partial charge is 0.255 e. The number of amides is 3. The van der Waals surface area contributed by atoms with Gasteiger partial charge in [0, 0.05) is 25.1 Å². The maximum absolute atomic E-state index is 12.7. The lowest BCUT2D eigenvalue weighted by atomic mass is 10.0. The van der Waals surface area contributed by atoms with Crippen LogP contribution in [0.25, 0.3) is 0 Å². The Morgan fingerprint density at radius 2 is 2.06 bits per heavy atom. The average Bonchev–Trinajstić information content (AvgIpc) is 3.35. The van der Waals surface area contributed by atoms with Crippen LogP contribution in [0.4, 0.5) is 0 Å². The van der Waals surface area contributed by atoms with Crippen molar-refractivity contribution in [2.75, 3.05) is 13.2 Å². The molecule has 9 nitrogen and oxygen atoms in total. The normalized spacial score (nSPS) is 17.9. The lowest BCUT2D eigenvalue weighted by Gasteiger charge is -2.29. The molecule has 1 saturated heterocycles. The van der Waals surface area contributed by atoms with E-state index in [-0.39, 0.29) is 18.2 Å². The topological polar surface area (TPSA) is 114 Å². The summed E-state index contributed by atoms with van der Waals surface area (Å²) in [5.74, 6) is -0.103. The second-order valence-corrected chi connectivity index (χ2v) is 9.28. The minimum absolute atomic E-state index is 0.165. The van der Waals surface area contributed by atoms with Crippen LogP contribution in [0.1, 0.15) is 65.0 Å². The van der Waals surface area contributed by atoms with E-state index in [9.17, 15) is 14.4 Å². The zero-order chi connectivity index (χ0) is 23.2. The van der Waals surface area contributed by atoms with Crippen LogP contribution in [0, 0.1) is 6.92 Å². The molecule has 0 spiro atoms. The van der Waals surface area contributed by atoms with Gasteiger partial charge in [-0.1, -0.05) is 17.3 Å². The molecule has 1 aromatic carbocycles. The summed E-state index contributed by atoms with van der Waals surface area (Å²) in [5, 5.41) is 9.77. The van der Waals surface area contributed by atoms with Crippen LogP contribution in [0.5, 0.6) is 5.75 Å². The standard InChI is InChI=1S/C23H29N5O4S/c1-15-20(33-27-26-15)13-24-10-4-2-3-5-11-32-17-6-7-18-16(12-17)14-28(23(18)31)19-8-9-21(29)25-22(19)30/h6-7,12,19,24H,2-5,8-11,13-14H2,1H3,(H,25,29,30). The van der Waals surface area contributed by atoms with Crippen LogP contribution >= 0.6 is 11.5 Å². The Morgan fingerprint density at radius 3 is 2.85 bits per heavy atom. The van der Waals surface area contributed by atoms with Gasteiger partial charge in [0.25, 0.3) is 5.91 Å². The fourth-order valence-electron chi connectivity index (χ4n) is 4.15. The number of aryl methyl sites for hydroxylation is 1. The summed E-state index contributed by atoms with van der Waals surface area (Å²) < 4.78 is 9.83. The molecule has 176 valence electrons. The van der Waals surface area contributed by atoms with Crippen LogP contribution in [-0.4, -0.2) is 51.4 Å². The quantitative estimate of drug-likeness (QED) is 0.382. The maximum Gasteiger partial charge on any atom is 0.255 e. The van der Waals surface area contributed by atoms with Crippen LogP contribution in [0.15, 0.2) is 18.2 Å². The number of unbranched alkanes of at least 4 members (excludes halogenated alkanes) is 3. The first kappa shape index (κ1) is 23.3. The Balaban J connectivity index is 1.14. The lowest BCUT2D eigenvalue weighted by molar-refractivity contribution is -0.136. The molecule has 1 fully saturated rings. The molecule has 0 radical (unpaired) electrons. The SMILES string of the molecule is Cc1nnsc1CNCCCCCCOc1ccc2c(c1)CN(C1CCC(=O)NC1=O)C2=O. The number of benzene rings is 1. The van der Waals surface area contributed by atoms with Gasteiger partial charge in [-0.25, -0.2) is 0 Å². The molecular weight excluding hydrogens is 442 g/mol. The molecule has 3 amide bonds. The van der Waals surface area contributed by atoms with Crippen molar-refractivity contribution >= 4 is 29.3 Å². The number of hydrogen-bond donors (Lipinski definition) is 2. The Labute approximate surface area is 197 Å². The molecule has 0 saturated carbocycles. The fourth-order valence-corrected chi connectivity index (χ4v) is 4.75. The van der Waals surface area contributed by atoms with Crippen LogP contribution in [0.3, 0.4) is 0 Å². The molecule has 1 atom stereocenters. The third-order valence-electron chi connectivity index (χ3n) is 6.04. The van der Waals surface area contributed by atoms with E-state index in [1.807, 2.05) is 19.1 Å². The van der Waals surface area contributed by atoms with Gasteiger partial charge in [0.2, 0.25) is 11.8 Å². The Morgan fingerprint density at radius 1 is 1.21 bits per heavy atom. The molecule has 4 rings (SSSR count). The van der Waals surface area contributed by atoms with Gasteiger partial charge in [-0.15, -0.1) is 5.10 Å². The molecule has 1 unspecified atom stereocenters. The second kappa shape index (κ2) is 10.8. The third kappa shape index (κ3) is 5.75. The number of piperidine rings is 1. The number of imide groups is 1.